The lowest BCUT2D eigenvalue weighted by molar-refractivity contribution is -0.161. The third kappa shape index (κ3) is 51.8. The van der Waals surface area contributed by atoms with Gasteiger partial charge in [0.1, 0.15) is 12.7 Å². The van der Waals surface area contributed by atoms with E-state index in [1.165, 1.54) is 57.8 Å². The number of hydrogen-bond donors (Lipinski definition) is 2. The van der Waals surface area contributed by atoms with E-state index in [9.17, 15) is 28.9 Å². The molecular formula is C60H105O11P. The summed E-state index contributed by atoms with van der Waals surface area (Å²) in [5.41, 5.74) is 0. The molecule has 2 N–H and O–H groups in total. The van der Waals surface area contributed by atoms with Crippen molar-refractivity contribution in [2.45, 2.75) is 264 Å². The van der Waals surface area contributed by atoms with Gasteiger partial charge in [0.15, 0.2) is 6.10 Å². The van der Waals surface area contributed by atoms with Gasteiger partial charge in [0.2, 0.25) is 0 Å². The number of ether oxygens (including phenoxy) is 3. The van der Waals surface area contributed by atoms with Gasteiger partial charge in [-0.25, -0.2) is 4.57 Å². The Hall–Kier alpha value is -3.08. The van der Waals surface area contributed by atoms with Crippen LogP contribution in [0.5, 0.6) is 0 Å². The van der Waals surface area contributed by atoms with Gasteiger partial charge in [0.05, 0.1) is 19.8 Å². The van der Waals surface area contributed by atoms with E-state index in [1.54, 1.807) is 0 Å². The third-order valence-corrected chi connectivity index (χ3v) is 13.0. The molecule has 72 heavy (non-hydrogen) atoms. The maximum Gasteiger partial charge on any atom is 0.472 e. The van der Waals surface area contributed by atoms with E-state index in [-0.39, 0.29) is 25.9 Å². The fourth-order valence-corrected chi connectivity index (χ4v) is 8.48. The molecule has 0 spiro atoms. The molecule has 0 aliphatic heterocycles. The molecular weight excluding hydrogens is 928 g/mol. The maximum atomic E-state index is 12.9. The zero-order valence-corrected chi connectivity index (χ0v) is 46.8. The first-order valence-corrected chi connectivity index (χ1v) is 30.3. The minimum absolute atomic E-state index is 0.153. The lowest BCUT2D eigenvalue weighted by Crippen LogP contribution is -2.30. The van der Waals surface area contributed by atoms with Crippen LogP contribution in [-0.2, 0) is 42.2 Å². The van der Waals surface area contributed by atoms with E-state index < -0.39 is 57.8 Å². The van der Waals surface area contributed by atoms with Crippen molar-refractivity contribution in [2.24, 2.45) is 0 Å². The van der Waals surface area contributed by atoms with Gasteiger partial charge in [0.25, 0.3) is 0 Å². The molecule has 0 amide bonds. The summed E-state index contributed by atoms with van der Waals surface area (Å²) in [6, 6.07) is 0. The van der Waals surface area contributed by atoms with Crippen LogP contribution < -0.4 is 0 Å². The van der Waals surface area contributed by atoms with Gasteiger partial charge in [-0.1, -0.05) is 203 Å². The molecule has 0 fully saturated rings. The lowest BCUT2D eigenvalue weighted by atomic mass is 10.1. The molecule has 0 aliphatic carbocycles. The van der Waals surface area contributed by atoms with Crippen LogP contribution in [-0.4, -0.2) is 66.5 Å². The van der Waals surface area contributed by atoms with Crippen molar-refractivity contribution < 1.29 is 52.2 Å². The molecule has 0 rings (SSSR count). The number of unbranched alkanes of at least 4 members (excludes halogenated alkanes) is 24. The number of carbonyl (C=O) groups excluding carboxylic acids is 3. The third-order valence-electron chi connectivity index (χ3n) is 12.1. The van der Waals surface area contributed by atoms with Gasteiger partial charge in [-0.05, 0) is 103 Å². The number of hydrogen-bond acceptors (Lipinski definition) is 10. The number of phosphoric acid groups is 1. The summed E-state index contributed by atoms with van der Waals surface area (Å²) in [6.45, 7) is 4.44. The second-order valence-corrected chi connectivity index (χ2v) is 20.5. The molecule has 0 radical (unpaired) electrons. The van der Waals surface area contributed by atoms with E-state index in [0.717, 1.165) is 135 Å². The Labute approximate surface area is 439 Å². The summed E-state index contributed by atoms with van der Waals surface area (Å²) in [5, 5.41) is 9.80. The average Bonchev–Trinajstić information content (AvgIpc) is 3.37. The molecule has 0 aromatic carbocycles. The highest BCUT2D eigenvalue weighted by atomic mass is 31.2. The fraction of sp³-hybridized carbons (Fsp3) is 0.750. The molecule has 0 aromatic rings. The molecule has 3 unspecified atom stereocenters. The minimum Gasteiger partial charge on any atom is -0.462 e. The number of allylic oxidation sites excluding steroid dienone is 12. The molecule has 416 valence electrons. The van der Waals surface area contributed by atoms with E-state index in [0.29, 0.717) is 19.3 Å². The van der Waals surface area contributed by atoms with Gasteiger partial charge in [-0.3, -0.25) is 23.4 Å². The van der Waals surface area contributed by atoms with Crippen molar-refractivity contribution in [1.82, 2.24) is 0 Å². The molecule has 0 heterocycles. The highest BCUT2D eigenvalue weighted by molar-refractivity contribution is 7.47. The topological polar surface area (TPSA) is 155 Å². The Morgan fingerprint density at radius 2 is 0.750 bits per heavy atom. The second-order valence-electron chi connectivity index (χ2n) is 19.1. The van der Waals surface area contributed by atoms with Crippen molar-refractivity contribution >= 4 is 25.7 Å². The summed E-state index contributed by atoms with van der Waals surface area (Å²) >= 11 is 0. The van der Waals surface area contributed by atoms with Crippen LogP contribution in [0.2, 0.25) is 0 Å². The second kappa shape index (κ2) is 54.2. The minimum atomic E-state index is -4.76. The predicted molar refractivity (Wildman–Crippen MR) is 298 cm³/mol. The van der Waals surface area contributed by atoms with E-state index in [1.807, 2.05) is 0 Å². The smallest absolute Gasteiger partial charge is 0.462 e. The van der Waals surface area contributed by atoms with Crippen molar-refractivity contribution in [2.75, 3.05) is 26.4 Å². The van der Waals surface area contributed by atoms with E-state index >= 15 is 0 Å². The van der Waals surface area contributed by atoms with Crippen molar-refractivity contribution in [1.29, 1.82) is 0 Å². The quantitative estimate of drug-likeness (QED) is 0.0197. The molecule has 0 aromatic heterocycles. The first-order chi connectivity index (χ1) is 35.2. The number of phosphoric ester groups is 1. The Kier molecular flexibility index (Phi) is 51.9. The summed E-state index contributed by atoms with van der Waals surface area (Å²) in [7, 11) is -4.76. The molecule has 0 saturated heterocycles. The number of carbonyl (C=O) groups is 3. The van der Waals surface area contributed by atoms with Crippen molar-refractivity contribution in [3.8, 4) is 0 Å². The molecule has 0 aliphatic rings. The Balaban J connectivity index is 4.76. The highest BCUT2D eigenvalue weighted by Crippen LogP contribution is 2.43. The van der Waals surface area contributed by atoms with Crippen LogP contribution in [0, 0.1) is 0 Å². The van der Waals surface area contributed by atoms with Crippen LogP contribution in [0.25, 0.3) is 0 Å². The lowest BCUT2D eigenvalue weighted by Gasteiger charge is -2.21. The van der Waals surface area contributed by atoms with Crippen LogP contribution in [0.4, 0.5) is 0 Å². The zero-order valence-electron chi connectivity index (χ0n) is 45.9. The largest absolute Gasteiger partial charge is 0.472 e. The number of esters is 3. The van der Waals surface area contributed by atoms with Gasteiger partial charge in [0, 0.05) is 19.3 Å². The maximum absolute atomic E-state index is 12.9. The Morgan fingerprint density at radius 1 is 0.403 bits per heavy atom. The predicted octanol–water partition coefficient (Wildman–Crippen LogP) is 16.9. The molecule has 12 heteroatoms. The van der Waals surface area contributed by atoms with E-state index in [2.05, 4.69) is 93.7 Å². The normalized spacial score (nSPS) is 13.9. The summed E-state index contributed by atoms with van der Waals surface area (Å²) < 4.78 is 39.5. The first-order valence-electron chi connectivity index (χ1n) is 28.8. The zero-order chi connectivity index (χ0) is 52.7. The summed E-state index contributed by atoms with van der Waals surface area (Å²) in [5.74, 6) is -1.50. The molecule has 3 atom stereocenters. The SMILES string of the molecule is CC/C=C\C/C=C\C/C=C\CCCCCCCCCC(=O)OCC(COP(=O)(O)OCC(CO)OC(=O)CCCCCCC/C=C\C/C=C\CCC)OC(=O)CCCCCCC/C=C\CCCCCCCC. The van der Waals surface area contributed by atoms with Gasteiger partial charge >= 0.3 is 25.7 Å². The highest BCUT2D eigenvalue weighted by Gasteiger charge is 2.28. The van der Waals surface area contributed by atoms with E-state index in [4.69, 9.17) is 23.3 Å². The average molecular weight is 1030 g/mol. The summed E-state index contributed by atoms with van der Waals surface area (Å²) in [4.78, 5) is 48.5. The number of aliphatic hydroxyl groups is 1. The first kappa shape index (κ1) is 68.9. The fourth-order valence-electron chi connectivity index (χ4n) is 7.70. The summed E-state index contributed by atoms with van der Waals surface area (Å²) in [6.07, 6.45) is 60.0. The van der Waals surface area contributed by atoms with Crippen molar-refractivity contribution in [3.05, 3.63) is 72.9 Å². The van der Waals surface area contributed by atoms with Gasteiger partial charge < -0.3 is 24.2 Å². The Bertz CT molecular complexity index is 1490. The van der Waals surface area contributed by atoms with Crippen LogP contribution in [0.3, 0.4) is 0 Å². The molecule has 0 saturated carbocycles. The van der Waals surface area contributed by atoms with Gasteiger partial charge in [-0.2, -0.15) is 0 Å². The van der Waals surface area contributed by atoms with Crippen molar-refractivity contribution in [3.63, 3.8) is 0 Å². The van der Waals surface area contributed by atoms with Gasteiger partial charge in [-0.15, -0.1) is 0 Å². The van der Waals surface area contributed by atoms with Crippen LogP contribution in [0.1, 0.15) is 252 Å². The Morgan fingerprint density at radius 3 is 1.18 bits per heavy atom. The molecule has 11 nitrogen and oxygen atoms in total. The van der Waals surface area contributed by atoms with Crippen LogP contribution >= 0.6 is 7.82 Å². The molecule has 0 bridgehead atoms. The number of aliphatic hydroxyl groups excluding tert-OH is 1. The number of rotatable bonds is 53. The standard InChI is InChI=1S/C60H105O11P/c1-4-7-10-13-16-19-22-25-27-28-30-32-34-37-40-43-46-49-58(62)67-53-57(71-60(64)51-48-45-42-39-36-33-29-26-23-20-17-14-11-8-5-2)55-69-72(65,66)68-54-56(52-61)70-59(63)50-47-44-41-38-35-31-24-21-18-15-12-9-6-3/h7,10,12,15-16,19,21,24-27,29,56-57,61H,4-6,8-9,11,13-14,17-18,20,22-23,28,30-55H2,1-3H3,(H,65,66)/b10-7-,15-12-,19-16-,24-21-,27-25-,29-26-. The van der Waals surface area contributed by atoms with Crippen LogP contribution in [0.15, 0.2) is 72.9 Å². The monoisotopic (exact) mass is 1030 g/mol.